The summed E-state index contributed by atoms with van der Waals surface area (Å²) in [4.78, 5) is 21.8. The van der Waals surface area contributed by atoms with Gasteiger partial charge in [-0.15, -0.1) is 0 Å². The first-order chi connectivity index (χ1) is 17.1. The molecule has 7 heteroatoms. The average Bonchev–Trinajstić information content (AvgIpc) is 3.20. The number of pyridine rings is 1. The van der Waals surface area contributed by atoms with Crippen LogP contribution < -0.4 is 0 Å². The number of rotatable bonds is 9. The van der Waals surface area contributed by atoms with Crippen LogP contribution in [0, 0.1) is 5.41 Å². The normalized spacial score (nSPS) is 16.3. The van der Waals surface area contributed by atoms with Gasteiger partial charge in [-0.3, -0.25) is 9.78 Å². The first-order valence-corrected chi connectivity index (χ1v) is 12.7. The molecule has 0 atom stereocenters. The van der Waals surface area contributed by atoms with E-state index in [9.17, 15) is 9.90 Å². The molecule has 1 saturated heterocycles. The Bertz CT molecular complexity index is 1250. The monoisotopic (exact) mass is 491 g/mol. The number of aromatic nitrogens is 2. The number of carboxylic acid groups (broad SMARTS) is 1. The Labute approximate surface area is 213 Å². The second kappa shape index (κ2) is 10.4. The molecule has 4 rings (SSSR count). The fourth-order valence-corrected chi connectivity index (χ4v) is 4.77. The van der Waals surface area contributed by atoms with Gasteiger partial charge in [-0.05, 0) is 68.7 Å². The second-order valence-corrected chi connectivity index (χ2v) is 10.7. The van der Waals surface area contributed by atoms with Crippen LogP contribution in [-0.4, -0.2) is 46.2 Å². The Morgan fingerprint density at radius 1 is 1.25 bits per heavy atom. The number of fused-ring (bicyclic) bond motifs is 1. The van der Waals surface area contributed by atoms with E-state index in [1.54, 1.807) is 13.8 Å². The summed E-state index contributed by atoms with van der Waals surface area (Å²) in [5.41, 5.74) is 6.08. The van der Waals surface area contributed by atoms with E-state index in [0.29, 0.717) is 13.0 Å². The number of oxime groups is 1. The lowest BCUT2D eigenvalue weighted by atomic mass is 9.82. The Morgan fingerprint density at radius 2 is 1.94 bits per heavy atom. The van der Waals surface area contributed by atoms with Crippen molar-refractivity contribution < 1.29 is 19.5 Å². The first-order valence-electron chi connectivity index (χ1n) is 12.7. The molecule has 0 unspecified atom stereocenters. The van der Waals surface area contributed by atoms with Crippen LogP contribution in [0.4, 0.5) is 0 Å². The highest BCUT2D eigenvalue weighted by Gasteiger charge is 2.30. The third-order valence-electron chi connectivity index (χ3n) is 7.29. The van der Waals surface area contributed by atoms with Gasteiger partial charge in [0.15, 0.2) is 0 Å². The van der Waals surface area contributed by atoms with Crippen LogP contribution in [0.3, 0.4) is 0 Å². The standard InChI is InChI=1S/C29H37N3O4/c1-6-36-31-20(2)15-21-16-25-26(30-17-21)24(18-32(25)19-29(5)11-13-35-14-12-29)22-7-9-23(10-8-22)28(3,4)27(33)34/h7-10,16-18H,6,11-15,19H2,1-5H3,(H,33,34). The summed E-state index contributed by atoms with van der Waals surface area (Å²) >= 11 is 0. The lowest BCUT2D eigenvalue weighted by Crippen LogP contribution is -2.30. The molecule has 3 aromatic rings. The van der Waals surface area contributed by atoms with E-state index in [0.717, 1.165) is 71.6 Å². The van der Waals surface area contributed by atoms with Crippen LogP contribution in [-0.2, 0) is 32.7 Å². The molecule has 0 amide bonds. The van der Waals surface area contributed by atoms with Crippen LogP contribution in [0.1, 0.15) is 58.6 Å². The summed E-state index contributed by atoms with van der Waals surface area (Å²) in [5, 5.41) is 13.8. The maximum atomic E-state index is 11.7. The number of hydrogen-bond donors (Lipinski definition) is 1. The van der Waals surface area contributed by atoms with Crippen LogP contribution >= 0.6 is 0 Å². The number of nitrogens with zero attached hydrogens (tertiary/aromatic N) is 3. The summed E-state index contributed by atoms with van der Waals surface area (Å²) in [7, 11) is 0. The van der Waals surface area contributed by atoms with Crippen LogP contribution in [0.2, 0.25) is 0 Å². The maximum absolute atomic E-state index is 11.7. The van der Waals surface area contributed by atoms with Gasteiger partial charge in [-0.2, -0.15) is 0 Å². The van der Waals surface area contributed by atoms with Crippen LogP contribution in [0.25, 0.3) is 22.2 Å². The zero-order valence-electron chi connectivity index (χ0n) is 22.0. The fourth-order valence-electron chi connectivity index (χ4n) is 4.77. The van der Waals surface area contributed by atoms with Crippen molar-refractivity contribution >= 4 is 22.7 Å². The van der Waals surface area contributed by atoms with Crippen molar-refractivity contribution in [2.75, 3.05) is 19.8 Å². The molecule has 0 saturated carbocycles. The molecule has 7 nitrogen and oxygen atoms in total. The number of carbonyl (C=O) groups is 1. The van der Waals surface area contributed by atoms with Crippen molar-refractivity contribution in [3.63, 3.8) is 0 Å². The molecule has 0 aliphatic carbocycles. The van der Waals surface area contributed by atoms with Gasteiger partial charge >= 0.3 is 5.97 Å². The minimum absolute atomic E-state index is 0.152. The summed E-state index contributed by atoms with van der Waals surface area (Å²) in [6.07, 6.45) is 6.83. The van der Waals surface area contributed by atoms with Crippen molar-refractivity contribution in [1.82, 2.24) is 9.55 Å². The highest BCUT2D eigenvalue weighted by molar-refractivity contribution is 5.94. The van der Waals surface area contributed by atoms with Gasteiger partial charge in [0, 0.05) is 44.1 Å². The van der Waals surface area contributed by atoms with Gasteiger partial charge in [0.25, 0.3) is 0 Å². The summed E-state index contributed by atoms with van der Waals surface area (Å²) in [5.74, 6) is -0.839. The molecule has 1 aliphatic heterocycles. The van der Waals surface area contributed by atoms with Crippen molar-refractivity contribution in [3.05, 3.63) is 53.9 Å². The summed E-state index contributed by atoms with van der Waals surface area (Å²) in [6.45, 7) is 12.7. The molecule has 192 valence electrons. The minimum atomic E-state index is -0.946. The third kappa shape index (κ3) is 5.46. The zero-order chi connectivity index (χ0) is 25.9. The molecule has 36 heavy (non-hydrogen) atoms. The van der Waals surface area contributed by atoms with Crippen molar-refractivity contribution in [2.45, 2.75) is 65.8 Å². The van der Waals surface area contributed by atoms with E-state index in [1.807, 2.05) is 44.3 Å². The summed E-state index contributed by atoms with van der Waals surface area (Å²) in [6, 6.07) is 10.0. The molecule has 0 bridgehead atoms. The number of carboxylic acids is 1. The van der Waals surface area contributed by atoms with E-state index >= 15 is 0 Å². The number of benzene rings is 1. The quantitative estimate of drug-likeness (QED) is 0.300. The zero-order valence-corrected chi connectivity index (χ0v) is 22.0. The SMILES string of the molecule is CCON=C(C)Cc1cnc2c(-c3ccc(C(C)(C)C(=O)O)cc3)cn(CC3(C)CCOCC3)c2c1. The summed E-state index contributed by atoms with van der Waals surface area (Å²) < 4.78 is 7.96. The van der Waals surface area contributed by atoms with Crippen LogP contribution in [0.5, 0.6) is 0 Å². The van der Waals surface area contributed by atoms with Crippen molar-refractivity contribution in [1.29, 1.82) is 0 Å². The number of aliphatic carboxylic acids is 1. The number of ether oxygens (including phenoxy) is 1. The molecule has 1 fully saturated rings. The lowest BCUT2D eigenvalue weighted by molar-refractivity contribution is -0.142. The Kier molecular flexibility index (Phi) is 7.50. The average molecular weight is 492 g/mol. The highest BCUT2D eigenvalue weighted by Crippen LogP contribution is 2.37. The molecule has 0 spiro atoms. The molecule has 1 N–H and O–H groups in total. The topological polar surface area (TPSA) is 85.9 Å². The molecule has 2 aromatic heterocycles. The maximum Gasteiger partial charge on any atom is 0.313 e. The van der Waals surface area contributed by atoms with E-state index in [1.165, 1.54) is 0 Å². The van der Waals surface area contributed by atoms with E-state index in [4.69, 9.17) is 14.6 Å². The van der Waals surface area contributed by atoms with E-state index in [2.05, 4.69) is 28.9 Å². The third-order valence-corrected chi connectivity index (χ3v) is 7.29. The van der Waals surface area contributed by atoms with Gasteiger partial charge in [0.1, 0.15) is 6.61 Å². The minimum Gasteiger partial charge on any atom is -0.481 e. The van der Waals surface area contributed by atoms with Gasteiger partial charge < -0.3 is 19.2 Å². The first kappa shape index (κ1) is 25.9. The number of hydrogen-bond acceptors (Lipinski definition) is 5. The largest absolute Gasteiger partial charge is 0.481 e. The predicted molar refractivity (Wildman–Crippen MR) is 142 cm³/mol. The Morgan fingerprint density at radius 3 is 2.58 bits per heavy atom. The van der Waals surface area contributed by atoms with Gasteiger partial charge in [0.2, 0.25) is 0 Å². The Hall–Kier alpha value is -3.19. The Balaban J connectivity index is 1.75. The predicted octanol–water partition coefficient (Wildman–Crippen LogP) is 5.84. The van der Waals surface area contributed by atoms with Gasteiger partial charge in [-0.25, -0.2) is 0 Å². The molecule has 1 aromatic carbocycles. The van der Waals surface area contributed by atoms with E-state index < -0.39 is 11.4 Å². The van der Waals surface area contributed by atoms with Gasteiger partial charge in [-0.1, -0.05) is 36.3 Å². The van der Waals surface area contributed by atoms with Crippen LogP contribution in [0.15, 0.2) is 47.9 Å². The lowest BCUT2D eigenvalue weighted by Gasteiger charge is -2.34. The molecule has 3 heterocycles. The molecular formula is C29H37N3O4. The molecule has 0 radical (unpaired) electrons. The molecular weight excluding hydrogens is 454 g/mol. The second-order valence-electron chi connectivity index (χ2n) is 10.7. The van der Waals surface area contributed by atoms with Crippen molar-refractivity contribution in [2.24, 2.45) is 10.6 Å². The van der Waals surface area contributed by atoms with Crippen molar-refractivity contribution in [3.8, 4) is 11.1 Å². The smallest absolute Gasteiger partial charge is 0.313 e. The fraction of sp³-hybridized carbons (Fsp3) is 0.483. The van der Waals surface area contributed by atoms with Gasteiger partial charge in [0.05, 0.1) is 22.2 Å². The highest BCUT2D eigenvalue weighted by atomic mass is 16.6. The molecule has 1 aliphatic rings. The van der Waals surface area contributed by atoms with E-state index in [-0.39, 0.29) is 5.41 Å².